The van der Waals surface area contributed by atoms with Crippen molar-refractivity contribution in [2.24, 2.45) is 0 Å². The topological polar surface area (TPSA) is 44.1 Å². The van der Waals surface area contributed by atoms with Crippen molar-refractivity contribution in [1.82, 2.24) is 9.55 Å². The van der Waals surface area contributed by atoms with E-state index in [0.717, 1.165) is 15.7 Å². The van der Waals surface area contributed by atoms with E-state index in [0.29, 0.717) is 21.1 Å². The molecule has 28 heavy (non-hydrogen) atoms. The molecule has 142 valence electrons. The van der Waals surface area contributed by atoms with E-state index in [2.05, 4.69) is 20.9 Å². The maximum absolute atomic E-state index is 14.0. The Balaban J connectivity index is 1.75. The van der Waals surface area contributed by atoms with Gasteiger partial charge in [-0.2, -0.15) is 0 Å². The lowest BCUT2D eigenvalue weighted by Gasteiger charge is -2.12. The Kier molecular flexibility index (Phi) is 5.52. The molecule has 2 aromatic carbocycles. The van der Waals surface area contributed by atoms with Gasteiger partial charge in [-0.25, -0.2) is 9.37 Å². The Morgan fingerprint density at radius 2 is 2.00 bits per heavy atom. The van der Waals surface area contributed by atoms with Crippen LogP contribution in [0.3, 0.4) is 0 Å². The van der Waals surface area contributed by atoms with Crippen LogP contribution in [0.4, 0.5) is 4.39 Å². The minimum absolute atomic E-state index is 0.106. The molecule has 4 nitrogen and oxygen atoms in total. The molecule has 0 bridgehead atoms. The lowest BCUT2D eigenvalue weighted by molar-refractivity contribution is 0.386. The Labute approximate surface area is 177 Å². The van der Waals surface area contributed by atoms with E-state index < -0.39 is 5.82 Å². The van der Waals surface area contributed by atoms with Gasteiger partial charge in [-0.1, -0.05) is 33.8 Å². The molecule has 0 aliphatic rings. The molecule has 0 unspecified atom stereocenters. The van der Waals surface area contributed by atoms with Crippen molar-refractivity contribution in [2.45, 2.75) is 10.9 Å². The predicted octanol–water partition coefficient (Wildman–Crippen LogP) is 5.65. The molecular formula is C20H14BrFN2O2S2. The smallest absolute Gasteiger partial charge is 0.276 e. The van der Waals surface area contributed by atoms with Crippen LogP contribution in [0.15, 0.2) is 68.3 Å². The lowest BCUT2D eigenvalue weighted by Crippen LogP contribution is -2.20. The number of nitrogens with zero attached hydrogens (tertiary/aromatic N) is 2. The molecule has 2 heterocycles. The van der Waals surface area contributed by atoms with Gasteiger partial charge in [0, 0.05) is 10.2 Å². The number of halogens is 2. The number of ether oxygens (including phenoxy) is 1. The predicted molar refractivity (Wildman–Crippen MR) is 115 cm³/mol. The van der Waals surface area contributed by atoms with Crippen molar-refractivity contribution >= 4 is 49.2 Å². The molecular weight excluding hydrogens is 463 g/mol. The first-order valence-electron chi connectivity index (χ1n) is 8.28. The Bertz CT molecular complexity index is 1210. The van der Waals surface area contributed by atoms with E-state index in [1.54, 1.807) is 16.7 Å². The third-order valence-corrected chi connectivity index (χ3v) is 6.55. The Morgan fingerprint density at radius 3 is 2.71 bits per heavy atom. The summed E-state index contributed by atoms with van der Waals surface area (Å²) in [6.45, 7) is 0. The first kappa shape index (κ1) is 19.2. The molecule has 0 N–H and O–H groups in total. The number of methoxy groups -OCH3 is 1. The third-order valence-electron chi connectivity index (χ3n) is 4.12. The van der Waals surface area contributed by atoms with E-state index in [9.17, 15) is 9.18 Å². The SMILES string of the molecule is COc1ccc(CSc2nc3ccsc3c(=O)n2-c2ccc(Br)cc2)cc1F. The molecule has 0 saturated heterocycles. The van der Waals surface area contributed by atoms with Gasteiger partial charge in [-0.15, -0.1) is 11.3 Å². The number of fused-ring (bicyclic) bond motifs is 1. The zero-order chi connectivity index (χ0) is 19.7. The molecule has 0 aliphatic heterocycles. The zero-order valence-electron chi connectivity index (χ0n) is 14.7. The number of benzene rings is 2. The number of hydrogen-bond donors (Lipinski definition) is 0. The van der Waals surface area contributed by atoms with Gasteiger partial charge in [-0.05, 0) is 53.4 Å². The van der Waals surface area contributed by atoms with Gasteiger partial charge in [0.05, 0.1) is 18.3 Å². The molecule has 0 radical (unpaired) electrons. The van der Waals surface area contributed by atoms with E-state index >= 15 is 0 Å². The van der Waals surface area contributed by atoms with Crippen LogP contribution < -0.4 is 10.3 Å². The fourth-order valence-electron chi connectivity index (χ4n) is 2.75. The van der Waals surface area contributed by atoms with Crippen LogP contribution in [-0.2, 0) is 5.75 Å². The van der Waals surface area contributed by atoms with Crippen molar-refractivity contribution in [3.63, 3.8) is 0 Å². The normalized spacial score (nSPS) is 11.1. The maximum Gasteiger partial charge on any atom is 0.276 e. The minimum atomic E-state index is -0.410. The molecule has 0 amide bonds. The number of hydrogen-bond acceptors (Lipinski definition) is 5. The lowest BCUT2D eigenvalue weighted by atomic mass is 10.2. The highest BCUT2D eigenvalue weighted by Gasteiger charge is 2.15. The van der Waals surface area contributed by atoms with Crippen LogP contribution in [0.1, 0.15) is 5.56 Å². The minimum Gasteiger partial charge on any atom is -0.494 e. The molecule has 0 saturated carbocycles. The first-order chi connectivity index (χ1) is 13.6. The number of aromatic nitrogens is 2. The van der Waals surface area contributed by atoms with E-state index in [1.165, 1.54) is 36.3 Å². The van der Waals surface area contributed by atoms with E-state index in [4.69, 9.17) is 4.74 Å². The number of thioether (sulfide) groups is 1. The molecule has 4 aromatic rings. The van der Waals surface area contributed by atoms with Crippen molar-refractivity contribution in [2.75, 3.05) is 7.11 Å². The van der Waals surface area contributed by atoms with Crippen LogP contribution in [0.5, 0.6) is 5.75 Å². The second-order valence-corrected chi connectivity index (χ2v) is 8.68. The largest absolute Gasteiger partial charge is 0.494 e. The summed E-state index contributed by atoms with van der Waals surface area (Å²) in [6, 6.07) is 14.2. The van der Waals surface area contributed by atoms with E-state index in [-0.39, 0.29) is 11.3 Å². The van der Waals surface area contributed by atoms with Gasteiger partial charge in [0.2, 0.25) is 0 Å². The summed E-state index contributed by atoms with van der Waals surface area (Å²) in [5.74, 6) is 0.268. The summed E-state index contributed by atoms with van der Waals surface area (Å²) in [5.41, 5.74) is 2.09. The second kappa shape index (κ2) is 8.06. The highest BCUT2D eigenvalue weighted by molar-refractivity contribution is 9.10. The monoisotopic (exact) mass is 476 g/mol. The molecule has 0 fully saturated rings. The summed E-state index contributed by atoms with van der Waals surface area (Å²) < 4.78 is 22.1. The average Bonchev–Trinajstić information content (AvgIpc) is 3.16. The highest BCUT2D eigenvalue weighted by Crippen LogP contribution is 2.28. The molecule has 0 spiro atoms. The standard InChI is InChI=1S/C20H14BrFN2O2S2/c1-26-17-7-2-12(10-15(17)22)11-28-20-23-16-8-9-27-18(16)19(25)24(20)14-5-3-13(21)4-6-14/h2-10H,11H2,1H3. The van der Waals surface area contributed by atoms with Crippen LogP contribution in [0.2, 0.25) is 0 Å². The van der Waals surface area contributed by atoms with Crippen LogP contribution in [0, 0.1) is 5.82 Å². The van der Waals surface area contributed by atoms with Crippen molar-refractivity contribution in [3.05, 3.63) is 80.1 Å². The number of thiophene rings is 1. The summed E-state index contributed by atoms with van der Waals surface area (Å²) in [5, 5.41) is 2.42. The quantitative estimate of drug-likeness (QED) is 0.275. The van der Waals surface area contributed by atoms with Gasteiger partial charge >= 0.3 is 0 Å². The molecule has 2 aromatic heterocycles. The van der Waals surface area contributed by atoms with Crippen LogP contribution in [-0.4, -0.2) is 16.7 Å². The van der Waals surface area contributed by atoms with Crippen molar-refractivity contribution in [3.8, 4) is 11.4 Å². The highest BCUT2D eigenvalue weighted by atomic mass is 79.9. The Morgan fingerprint density at radius 1 is 1.21 bits per heavy atom. The van der Waals surface area contributed by atoms with Gasteiger partial charge in [-0.3, -0.25) is 9.36 Å². The fourth-order valence-corrected chi connectivity index (χ4v) is 4.73. The summed E-state index contributed by atoms with van der Waals surface area (Å²) >= 11 is 6.18. The molecule has 0 aliphatic carbocycles. The summed E-state index contributed by atoms with van der Waals surface area (Å²) in [6.07, 6.45) is 0. The summed E-state index contributed by atoms with van der Waals surface area (Å²) in [7, 11) is 1.43. The Hall–Kier alpha value is -2.16. The maximum atomic E-state index is 14.0. The van der Waals surface area contributed by atoms with Crippen molar-refractivity contribution < 1.29 is 9.13 Å². The summed E-state index contributed by atoms with van der Waals surface area (Å²) in [4.78, 5) is 17.7. The van der Waals surface area contributed by atoms with Crippen molar-refractivity contribution in [1.29, 1.82) is 0 Å². The van der Waals surface area contributed by atoms with E-state index in [1.807, 2.05) is 35.7 Å². The zero-order valence-corrected chi connectivity index (χ0v) is 17.9. The van der Waals surface area contributed by atoms with Gasteiger partial charge < -0.3 is 4.74 Å². The van der Waals surface area contributed by atoms with Gasteiger partial charge in [0.25, 0.3) is 5.56 Å². The van der Waals surface area contributed by atoms with Crippen LogP contribution in [0.25, 0.3) is 15.9 Å². The average molecular weight is 477 g/mol. The molecule has 4 rings (SSSR count). The molecule has 0 atom stereocenters. The van der Waals surface area contributed by atoms with Crippen LogP contribution >= 0.6 is 39.0 Å². The second-order valence-electron chi connectivity index (χ2n) is 5.90. The first-order valence-corrected chi connectivity index (χ1v) is 10.9. The van der Waals surface area contributed by atoms with Gasteiger partial charge in [0.1, 0.15) is 4.70 Å². The third kappa shape index (κ3) is 3.72. The number of rotatable bonds is 5. The fraction of sp³-hybridized carbons (Fsp3) is 0.100. The van der Waals surface area contributed by atoms with Gasteiger partial charge in [0.15, 0.2) is 16.7 Å². The molecule has 8 heteroatoms.